The lowest BCUT2D eigenvalue weighted by Gasteiger charge is -2.09. The molecule has 0 saturated carbocycles. The molecule has 0 atom stereocenters. The number of hydrogen-bond donors (Lipinski definition) is 1. The van der Waals surface area contributed by atoms with Crippen molar-refractivity contribution in [2.24, 2.45) is 0 Å². The van der Waals surface area contributed by atoms with E-state index in [1.165, 1.54) is 6.07 Å². The average molecular weight is 311 g/mol. The van der Waals surface area contributed by atoms with Gasteiger partial charge in [-0.2, -0.15) is 0 Å². The first-order valence-corrected chi connectivity index (χ1v) is 6.15. The lowest BCUT2D eigenvalue weighted by atomic mass is 10.2. The van der Waals surface area contributed by atoms with Gasteiger partial charge in [-0.05, 0) is 39.7 Å². The Morgan fingerprint density at radius 3 is 2.89 bits per heavy atom. The Morgan fingerprint density at radius 1 is 1.33 bits per heavy atom. The highest BCUT2D eigenvalue weighted by molar-refractivity contribution is 9.10. The van der Waals surface area contributed by atoms with E-state index in [-0.39, 0.29) is 5.82 Å². The van der Waals surface area contributed by atoms with Crippen molar-refractivity contribution in [2.75, 3.05) is 12.4 Å². The third-order valence-electron chi connectivity index (χ3n) is 2.42. The molecule has 1 aromatic carbocycles. The van der Waals surface area contributed by atoms with Crippen LogP contribution in [0.25, 0.3) is 0 Å². The second-order valence-corrected chi connectivity index (χ2v) is 4.63. The van der Waals surface area contributed by atoms with Crippen molar-refractivity contribution in [3.63, 3.8) is 0 Å². The average Bonchev–Trinajstić information content (AvgIpc) is 2.38. The van der Waals surface area contributed by atoms with E-state index in [2.05, 4.69) is 26.2 Å². The SMILES string of the molecule is COc1ccc(F)c(NCc2cncc(Br)c2)c1. The van der Waals surface area contributed by atoms with Gasteiger partial charge in [0.2, 0.25) is 0 Å². The molecule has 0 aliphatic carbocycles. The third-order valence-corrected chi connectivity index (χ3v) is 2.85. The van der Waals surface area contributed by atoms with Crippen LogP contribution >= 0.6 is 15.9 Å². The van der Waals surface area contributed by atoms with Gasteiger partial charge in [-0.15, -0.1) is 0 Å². The molecule has 0 bridgehead atoms. The molecule has 2 aromatic rings. The minimum atomic E-state index is -0.307. The number of rotatable bonds is 4. The molecular formula is C13H12BrFN2O. The Hall–Kier alpha value is -1.62. The fourth-order valence-electron chi connectivity index (χ4n) is 1.52. The van der Waals surface area contributed by atoms with Crippen LogP contribution in [0.4, 0.5) is 10.1 Å². The molecule has 5 heteroatoms. The minimum absolute atomic E-state index is 0.307. The quantitative estimate of drug-likeness (QED) is 0.937. The fourth-order valence-corrected chi connectivity index (χ4v) is 1.93. The van der Waals surface area contributed by atoms with Crippen LogP contribution in [0.15, 0.2) is 41.1 Å². The van der Waals surface area contributed by atoms with E-state index in [0.29, 0.717) is 18.0 Å². The van der Waals surface area contributed by atoms with Gasteiger partial charge in [0.15, 0.2) is 0 Å². The highest BCUT2D eigenvalue weighted by Crippen LogP contribution is 2.21. The Bertz CT molecular complexity index is 548. The van der Waals surface area contributed by atoms with Gasteiger partial charge >= 0.3 is 0 Å². The monoisotopic (exact) mass is 310 g/mol. The molecule has 0 radical (unpaired) electrons. The lowest BCUT2D eigenvalue weighted by Crippen LogP contribution is -2.02. The molecule has 0 aliphatic heterocycles. The molecule has 0 spiro atoms. The zero-order valence-corrected chi connectivity index (χ0v) is 11.4. The van der Waals surface area contributed by atoms with Gasteiger partial charge in [0.25, 0.3) is 0 Å². The Labute approximate surface area is 113 Å². The molecule has 94 valence electrons. The molecule has 1 heterocycles. The summed E-state index contributed by atoms with van der Waals surface area (Å²) in [5, 5.41) is 3.02. The van der Waals surface area contributed by atoms with Gasteiger partial charge < -0.3 is 10.1 Å². The van der Waals surface area contributed by atoms with E-state index in [4.69, 9.17) is 4.74 Å². The molecule has 0 unspecified atom stereocenters. The Morgan fingerprint density at radius 2 is 2.17 bits per heavy atom. The van der Waals surface area contributed by atoms with Gasteiger partial charge in [0, 0.05) is 29.5 Å². The highest BCUT2D eigenvalue weighted by atomic mass is 79.9. The smallest absolute Gasteiger partial charge is 0.146 e. The molecule has 0 saturated heterocycles. The number of halogens is 2. The normalized spacial score (nSPS) is 10.2. The summed E-state index contributed by atoms with van der Waals surface area (Å²) in [5.41, 5.74) is 1.38. The van der Waals surface area contributed by atoms with Crippen LogP contribution in [-0.2, 0) is 6.54 Å². The standard InChI is InChI=1S/C13H12BrFN2O/c1-18-11-2-3-12(15)13(5-11)17-7-9-4-10(14)8-16-6-9/h2-6,8,17H,7H2,1H3. The fraction of sp³-hybridized carbons (Fsp3) is 0.154. The number of methoxy groups -OCH3 is 1. The predicted octanol–water partition coefficient (Wildman–Crippen LogP) is 3.60. The van der Waals surface area contributed by atoms with E-state index < -0.39 is 0 Å². The van der Waals surface area contributed by atoms with Gasteiger partial charge in [-0.1, -0.05) is 0 Å². The maximum atomic E-state index is 13.5. The first kappa shape index (κ1) is 12.8. The largest absolute Gasteiger partial charge is 0.497 e. The summed E-state index contributed by atoms with van der Waals surface area (Å²) in [4.78, 5) is 4.05. The van der Waals surface area contributed by atoms with Crippen molar-refractivity contribution >= 4 is 21.6 Å². The Kier molecular flexibility index (Phi) is 4.15. The van der Waals surface area contributed by atoms with Crippen molar-refractivity contribution in [3.05, 3.63) is 52.5 Å². The molecule has 1 N–H and O–H groups in total. The number of pyridine rings is 1. The van der Waals surface area contributed by atoms with E-state index in [1.54, 1.807) is 31.6 Å². The molecule has 0 aliphatic rings. The summed E-state index contributed by atoms with van der Waals surface area (Å²) in [6.07, 6.45) is 3.44. The summed E-state index contributed by atoms with van der Waals surface area (Å²) in [6, 6.07) is 6.51. The number of aromatic nitrogens is 1. The van der Waals surface area contributed by atoms with Crippen LogP contribution in [0, 0.1) is 5.82 Å². The van der Waals surface area contributed by atoms with Crippen molar-refractivity contribution in [1.29, 1.82) is 0 Å². The zero-order valence-electron chi connectivity index (χ0n) is 9.78. The van der Waals surface area contributed by atoms with Crippen LogP contribution < -0.4 is 10.1 Å². The summed E-state index contributed by atoms with van der Waals surface area (Å²) in [5.74, 6) is 0.310. The minimum Gasteiger partial charge on any atom is -0.497 e. The molecule has 0 fully saturated rings. The number of ether oxygens (including phenoxy) is 1. The van der Waals surface area contributed by atoms with Crippen LogP contribution in [0.5, 0.6) is 5.75 Å². The maximum Gasteiger partial charge on any atom is 0.146 e. The first-order chi connectivity index (χ1) is 8.69. The van der Waals surface area contributed by atoms with Crippen molar-refractivity contribution in [2.45, 2.75) is 6.54 Å². The summed E-state index contributed by atoms with van der Waals surface area (Å²) in [6.45, 7) is 0.497. The van der Waals surface area contributed by atoms with Crippen molar-refractivity contribution in [3.8, 4) is 5.75 Å². The van der Waals surface area contributed by atoms with E-state index in [1.807, 2.05) is 6.07 Å². The van der Waals surface area contributed by atoms with E-state index >= 15 is 0 Å². The summed E-state index contributed by atoms with van der Waals surface area (Å²) < 4.78 is 19.5. The molecule has 1 aromatic heterocycles. The molecule has 2 rings (SSSR count). The van der Waals surface area contributed by atoms with E-state index in [0.717, 1.165) is 10.0 Å². The summed E-state index contributed by atoms with van der Waals surface area (Å²) in [7, 11) is 1.55. The van der Waals surface area contributed by atoms with Gasteiger partial charge in [-0.3, -0.25) is 4.98 Å². The lowest BCUT2D eigenvalue weighted by molar-refractivity contribution is 0.414. The molecule has 18 heavy (non-hydrogen) atoms. The summed E-state index contributed by atoms with van der Waals surface area (Å²) >= 11 is 3.34. The highest BCUT2D eigenvalue weighted by Gasteiger charge is 2.04. The van der Waals surface area contributed by atoms with Crippen LogP contribution in [0.1, 0.15) is 5.56 Å². The molecule has 3 nitrogen and oxygen atoms in total. The van der Waals surface area contributed by atoms with Crippen molar-refractivity contribution < 1.29 is 9.13 Å². The van der Waals surface area contributed by atoms with Crippen molar-refractivity contribution in [1.82, 2.24) is 4.98 Å². The number of hydrogen-bond acceptors (Lipinski definition) is 3. The second kappa shape index (κ2) is 5.82. The zero-order chi connectivity index (χ0) is 13.0. The topological polar surface area (TPSA) is 34.1 Å². The number of anilines is 1. The van der Waals surface area contributed by atoms with Gasteiger partial charge in [-0.25, -0.2) is 4.39 Å². The van der Waals surface area contributed by atoms with Gasteiger partial charge in [0.05, 0.1) is 12.8 Å². The third kappa shape index (κ3) is 3.20. The Balaban J connectivity index is 2.10. The van der Waals surface area contributed by atoms with Gasteiger partial charge in [0.1, 0.15) is 11.6 Å². The maximum absolute atomic E-state index is 13.5. The van der Waals surface area contributed by atoms with Crippen LogP contribution in [0.3, 0.4) is 0 Å². The predicted molar refractivity (Wildman–Crippen MR) is 72.2 cm³/mol. The molecule has 0 amide bonds. The van der Waals surface area contributed by atoms with E-state index in [9.17, 15) is 4.39 Å². The van der Waals surface area contributed by atoms with Crippen LogP contribution in [-0.4, -0.2) is 12.1 Å². The number of benzene rings is 1. The number of nitrogens with zero attached hydrogens (tertiary/aromatic N) is 1. The first-order valence-electron chi connectivity index (χ1n) is 5.36. The second-order valence-electron chi connectivity index (χ2n) is 3.71. The number of nitrogens with one attached hydrogen (secondary N) is 1. The van der Waals surface area contributed by atoms with Crippen LogP contribution in [0.2, 0.25) is 0 Å². The molecular weight excluding hydrogens is 299 g/mol.